The van der Waals surface area contributed by atoms with Crippen molar-refractivity contribution < 1.29 is 14.7 Å². The van der Waals surface area contributed by atoms with Crippen molar-refractivity contribution in [1.82, 2.24) is 4.90 Å². The van der Waals surface area contributed by atoms with E-state index in [0.29, 0.717) is 13.0 Å². The van der Waals surface area contributed by atoms with Crippen LogP contribution in [0.15, 0.2) is 54.6 Å². The largest absolute Gasteiger partial charge is 0.481 e. The van der Waals surface area contributed by atoms with Crippen molar-refractivity contribution in [2.45, 2.75) is 19.3 Å². The third-order valence-corrected chi connectivity index (χ3v) is 4.66. The van der Waals surface area contributed by atoms with E-state index in [9.17, 15) is 14.7 Å². The third kappa shape index (κ3) is 3.48. The molecule has 2 aromatic rings. The molecule has 1 amide bonds. The van der Waals surface area contributed by atoms with Gasteiger partial charge in [-0.05, 0) is 18.1 Å². The number of amides is 1. The number of aliphatic carboxylic acids is 1. The topological polar surface area (TPSA) is 57.6 Å². The first-order valence-electron chi connectivity index (χ1n) is 8.15. The number of carbonyl (C=O) groups is 2. The van der Waals surface area contributed by atoms with Crippen LogP contribution in [0.1, 0.15) is 22.6 Å². The van der Waals surface area contributed by atoms with Gasteiger partial charge in [-0.1, -0.05) is 60.2 Å². The highest BCUT2D eigenvalue weighted by Gasteiger charge is 2.40. The van der Waals surface area contributed by atoms with Gasteiger partial charge in [0.05, 0.1) is 12.3 Å². The van der Waals surface area contributed by atoms with Gasteiger partial charge in [-0.2, -0.15) is 0 Å². The molecule has 0 radical (unpaired) electrons. The zero-order chi connectivity index (χ0) is 17.1. The zero-order valence-corrected chi connectivity index (χ0v) is 13.7. The van der Waals surface area contributed by atoms with Crippen LogP contribution in [0.4, 0.5) is 0 Å². The predicted octanol–water partition coefficient (Wildman–Crippen LogP) is 2.86. The Morgan fingerprint density at radius 2 is 1.83 bits per heavy atom. The van der Waals surface area contributed by atoms with Crippen molar-refractivity contribution in [2.75, 3.05) is 13.1 Å². The Bertz CT molecular complexity index is 742. The second-order valence-corrected chi connectivity index (χ2v) is 6.43. The van der Waals surface area contributed by atoms with E-state index in [0.717, 1.165) is 16.7 Å². The number of hydrogen-bond donors (Lipinski definition) is 1. The minimum absolute atomic E-state index is 0.00900. The quantitative estimate of drug-likeness (QED) is 0.941. The number of hydrogen-bond acceptors (Lipinski definition) is 2. The second-order valence-electron chi connectivity index (χ2n) is 6.43. The molecule has 1 aliphatic heterocycles. The zero-order valence-electron chi connectivity index (χ0n) is 13.7. The van der Waals surface area contributed by atoms with E-state index in [1.807, 2.05) is 61.5 Å². The molecule has 0 aliphatic carbocycles. The van der Waals surface area contributed by atoms with Crippen molar-refractivity contribution >= 4 is 11.9 Å². The Balaban J connectivity index is 1.75. The molecule has 4 heteroatoms. The minimum Gasteiger partial charge on any atom is -0.481 e. The highest BCUT2D eigenvalue weighted by molar-refractivity contribution is 5.81. The molecule has 24 heavy (non-hydrogen) atoms. The Morgan fingerprint density at radius 3 is 2.50 bits per heavy atom. The number of benzene rings is 2. The summed E-state index contributed by atoms with van der Waals surface area (Å²) < 4.78 is 0. The van der Waals surface area contributed by atoms with E-state index in [1.165, 1.54) is 0 Å². The molecule has 0 spiro atoms. The van der Waals surface area contributed by atoms with Gasteiger partial charge in [-0.25, -0.2) is 0 Å². The summed E-state index contributed by atoms with van der Waals surface area (Å²) in [6.45, 7) is 2.74. The van der Waals surface area contributed by atoms with Crippen LogP contribution < -0.4 is 0 Å². The first-order chi connectivity index (χ1) is 11.5. The highest BCUT2D eigenvalue weighted by atomic mass is 16.4. The van der Waals surface area contributed by atoms with Gasteiger partial charge in [0, 0.05) is 19.0 Å². The van der Waals surface area contributed by atoms with Crippen LogP contribution in [0.5, 0.6) is 0 Å². The highest BCUT2D eigenvalue weighted by Crippen LogP contribution is 2.33. The Hall–Kier alpha value is -2.62. The lowest BCUT2D eigenvalue weighted by Gasteiger charge is -2.17. The van der Waals surface area contributed by atoms with E-state index >= 15 is 0 Å². The van der Waals surface area contributed by atoms with Crippen molar-refractivity contribution in [3.05, 3.63) is 71.3 Å². The van der Waals surface area contributed by atoms with Crippen molar-refractivity contribution in [1.29, 1.82) is 0 Å². The fourth-order valence-electron chi connectivity index (χ4n) is 3.40. The van der Waals surface area contributed by atoms with Gasteiger partial charge >= 0.3 is 5.97 Å². The average molecular weight is 323 g/mol. The molecule has 124 valence electrons. The molecule has 4 nitrogen and oxygen atoms in total. The Kier molecular flexibility index (Phi) is 4.65. The number of carbonyl (C=O) groups excluding carboxylic acids is 1. The van der Waals surface area contributed by atoms with Crippen LogP contribution in [0.3, 0.4) is 0 Å². The van der Waals surface area contributed by atoms with Crippen LogP contribution in [0, 0.1) is 12.8 Å². The van der Waals surface area contributed by atoms with Crippen LogP contribution in [0.25, 0.3) is 0 Å². The first kappa shape index (κ1) is 16.2. The smallest absolute Gasteiger partial charge is 0.308 e. The molecule has 1 aliphatic rings. The third-order valence-electron chi connectivity index (χ3n) is 4.66. The molecular weight excluding hydrogens is 302 g/mol. The minimum atomic E-state index is -0.838. The maximum atomic E-state index is 12.6. The number of carboxylic acid groups (broad SMARTS) is 1. The molecule has 1 heterocycles. The summed E-state index contributed by atoms with van der Waals surface area (Å²) >= 11 is 0. The fourth-order valence-corrected chi connectivity index (χ4v) is 3.40. The van der Waals surface area contributed by atoms with E-state index in [1.54, 1.807) is 4.90 Å². The van der Waals surface area contributed by atoms with Crippen LogP contribution >= 0.6 is 0 Å². The van der Waals surface area contributed by atoms with E-state index < -0.39 is 11.9 Å². The maximum absolute atomic E-state index is 12.6. The second kappa shape index (κ2) is 6.87. The molecule has 2 aromatic carbocycles. The molecule has 3 rings (SSSR count). The fraction of sp³-hybridized carbons (Fsp3) is 0.300. The van der Waals surface area contributed by atoms with Gasteiger partial charge in [-0.3, -0.25) is 9.59 Å². The molecular formula is C20H21NO3. The van der Waals surface area contributed by atoms with Crippen LogP contribution in [-0.2, 0) is 16.0 Å². The van der Waals surface area contributed by atoms with Gasteiger partial charge in [0.15, 0.2) is 0 Å². The lowest BCUT2D eigenvalue weighted by Crippen LogP contribution is -2.31. The number of carboxylic acids is 1. The molecule has 1 saturated heterocycles. The van der Waals surface area contributed by atoms with Crippen molar-refractivity contribution in [2.24, 2.45) is 5.92 Å². The van der Waals surface area contributed by atoms with Crippen LogP contribution in [-0.4, -0.2) is 35.0 Å². The first-order valence-corrected chi connectivity index (χ1v) is 8.15. The molecule has 1 fully saturated rings. The van der Waals surface area contributed by atoms with Gasteiger partial charge in [0.2, 0.25) is 5.91 Å². The lowest BCUT2D eigenvalue weighted by atomic mass is 9.89. The van der Waals surface area contributed by atoms with Gasteiger partial charge in [-0.15, -0.1) is 0 Å². The molecule has 0 bridgehead atoms. The van der Waals surface area contributed by atoms with Crippen LogP contribution in [0.2, 0.25) is 0 Å². The van der Waals surface area contributed by atoms with Crippen molar-refractivity contribution in [3.63, 3.8) is 0 Å². The number of aryl methyl sites for hydroxylation is 1. The van der Waals surface area contributed by atoms with E-state index in [-0.39, 0.29) is 18.4 Å². The van der Waals surface area contributed by atoms with Gasteiger partial charge in [0.1, 0.15) is 0 Å². The average Bonchev–Trinajstić information content (AvgIpc) is 3.01. The predicted molar refractivity (Wildman–Crippen MR) is 91.8 cm³/mol. The summed E-state index contributed by atoms with van der Waals surface area (Å²) in [7, 11) is 0. The van der Waals surface area contributed by atoms with Gasteiger partial charge < -0.3 is 10.0 Å². The molecule has 1 N–H and O–H groups in total. The Morgan fingerprint density at radius 1 is 1.08 bits per heavy atom. The summed E-state index contributed by atoms with van der Waals surface area (Å²) in [5.74, 6) is -1.54. The summed E-state index contributed by atoms with van der Waals surface area (Å²) in [4.78, 5) is 25.9. The summed E-state index contributed by atoms with van der Waals surface area (Å²) in [6, 6.07) is 17.5. The number of likely N-dealkylation sites (tertiary alicyclic amines) is 1. The molecule has 2 atom stereocenters. The molecule has 0 aromatic heterocycles. The summed E-state index contributed by atoms with van der Waals surface area (Å²) in [6.07, 6.45) is 0.315. The standard InChI is InChI=1S/C20H21NO3/c1-14-6-5-7-15(10-14)11-19(22)21-12-17(18(13-21)20(23)24)16-8-3-2-4-9-16/h2-10,17-18H,11-13H2,1H3,(H,23,24)/t17-,18-/m0/s1. The van der Waals surface area contributed by atoms with Gasteiger partial charge in [0.25, 0.3) is 0 Å². The lowest BCUT2D eigenvalue weighted by molar-refractivity contribution is -0.141. The Labute approximate surface area is 141 Å². The SMILES string of the molecule is Cc1cccc(CC(=O)N2C[C@H](C(=O)O)[C@H](c3ccccc3)C2)c1. The van der Waals surface area contributed by atoms with E-state index in [2.05, 4.69) is 0 Å². The summed E-state index contributed by atoms with van der Waals surface area (Å²) in [5.41, 5.74) is 3.07. The monoisotopic (exact) mass is 323 g/mol. The van der Waals surface area contributed by atoms with E-state index in [4.69, 9.17) is 0 Å². The molecule has 0 unspecified atom stereocenters. The molecule has 0 saturated carbocycles. The maximum Gasteiger partial charge on any atom is 0.308 e. The normalized spacial score (nSPS) is 20.1. The van der Waals surface area contributed by atoms with Crippen molar-refractivity contribution in [3.8, 4) is 0 Å². The summed E-state index contributed by atoms with van der Waals surface area (Å²) in [5, 5.41) is 9.53. The number of nitrogens with zero attached hydrogens (tertiary/aromatic N) is 1. The number of rotatable bonds is 4.